The van der Waals surface area contributed by atoms with Crippen molar-refractivity contribution in [2.45, 2.75) is 6.61 Å². The Morgan fingerprint density at radius 3 is 2.75 bits per heavy atom. The van der Waals surface area contributed by atoms with Gasteiger partial charge in [0.2, 0.25) is 0 Å². The van der Waals surface area contributed by atoms with Crippen molar-refractivity contribution in [3.63, 3.8) is 0 Å². The Hall–Kier alpha value is -1.54. The minimum atomic E-state index is -0.491. The van der Waals surface area contributed by atoms with Crippen LogP contribution in [0.25, 0.3) is 0 Å². The first-order valence-corrected chi connectivity index (χ1v) is 5.17. The fourth-order valence-corrected chi connectivity index (χ4v) is 1.47. The highest BCUT2D eigenvalue weighted by atomic mass is 35.5. The molecule has 0 bridgehead atoms. The maximum atomic E-state index is 13.2. The van der Waals surface area contributed by atoms with Gasteiger partial charge in [-0.15, -0.1) is 0 Å². The summed E-state index contributed by atoms with van der Waals surface area (Å²) >= 11 is 5.95. The number of rotatable bonds is 3. The fraction of sp³-hybridized carbons (Fsp3) is 0.0769. The molecule has 1 radical (unpaired) electrons. The van der Waals surface area contributed by atoms with Gasteiger partial charge in [0, 0.05) is 16.7 Å². The lowest BCUT2D eigenvalue weighted by Crippen LogP contribution is -1.97. The van der Waals surface area contributed by atoms with Gasteiger partial charge in [-0.1, -0.05) is 41.9 Å². The van der Waals surface area contributed by atoms with E-state index in [0.717, 1.165) is 5.56 Å². The van der Waals surface area contributed by atoms with Crippen LogP contribution in [0.15, 0.2) is 42.5 Å². The van der Waals surface area contributed by atoms with Crippen LogP contribution in [0.1, 0.15) is 5.56 Å². The SMILES string of the molecule is Fc1[c]cccc1OCc1ccccc1Cl. The predicted octanol–water partition coefficient (Wildman–Crippen LogP) is 3.86. The summed E-state index contributed by atoms with van der Waals surface area (Å²) in [5.41, 5.74) is 0.826. The molecule has 81 valence electrons. The van der Waals surface area contributed by atoms with Gasteiger partial charge in [-0.25, -0.2) is 4.39 Å². The molecule has 3 heteroatoms. The molecule has 0 amide bonds. The van der Waals surface area contributed by atoms with Gasteiger partial charge in [0.05, 0.1) is 0 Å². The van der Waals surface area contributed by atoms with Gasteiger partial charge in [0.25, 0.3) is 0 Å². The molecule has 0 fully saturated rings. The fourth-order valence-electron chi connectivity index (χ4n) is 1.28. The summed E-state index contributed by atoms with van der Waals surface area (Å²) in [6.07, 6.45) is 0. The van der Waals surface area contributed by atoms with E-state index in [1.807, 2.05) is 18.2 Å². The zero-order chi connectivity index (χ0) is 11.4. The smallest absolute Gasteiger partial charge is 0.172 e. The van der Waals surface area contributed by atoms with Crippen molar-refractivity contribution in [2.24, 2.45) is 0 Å². The van der Waals surface area contributed by atoms with E-state index in [9.17, 15) is 4.39 Å². The Kier molecular flexibility index (Phi) is 3.42. The maximum Gasteiger partial charge on any atom is 0.172 e. The average molecular weight is 236 g/mol. The van der Waals surface area contributed by atoms with Crippen LogP contribution in [0.3, 0.4) is 0 Å². The summed E-state index contributed by atoms with van der Waals surface area (Å²) < 4.78 is 18.5. The van der Waals surface area contributed by atoms with Gasteiger partial charge in [0.1, 0.15) is 6.61 Å². The summed E-state index contributed by atoms with van der Waals surface area (Å²) in [5, 5.41) is 0.614. The second-order valence-electron chi connectivity index (χ2n) is 3.23. The zero-order valence-corrected chi connectivity index (χ0v) is 9.17. The van der Waals surface area contributed by atoms with Crippen LogP contribution in [0.2, 0.25) is 5.02 Å². The molecule has 0 saturated heterocycles. The molecule has 0 aromatic heterocycles. The van der Waals surface area contributed by atoms with Crippen molar-refractivity contribution in [1.82, 2.24) is 0 Å². The first-order valence-electron chi connectivity index (χ1n) is 4.80. The van der Waals surface area contributed by atoms with Gasteiger partial charge in [-0.05, 0) is 12.1 Å². The lowest BCUT2D eigenvalue weighted by molar-refractivity contribution is 0.290. The molecule has 0 heterocycles. The van der Waals surface area contributed by atoms with Crippen LogP contribution in [0.4, 0.5) is 4.39 Å². The normalized spacial score (nSPS) is 10.1. The Morgan fingerprint density at radius 1 is 1.19 bits per heavy atom. The highest BCUT2D eigenvalue weighted by Gasteiger charge is 2.04. The van der Waals surface area contributed by atoms with Gasteiger partial charge in [-0.3, -0.25) is 0 Å². The van der Waals surface area contributed by atoms with Crippen LogP contribution < -0.4 is 4.74 Å². The largest absolute Gasteiger partial charge is 0.486 e. The number of halogens is 2. The topological polar surface area (TPSA) is 9.23 Å². The molecule has 0 aliphatic heterocycles. The zero-order valence-electron chi connectivity index (χ0n) is 8.41. The van der Waals surface area contributed by atoms with Crippen molar-refractivity contribution in [3.05, 3.63) is 64.9 Å². The number of ether oxygens (including phenoxy) is 1. The molecule has 0 saturated carbocycles. The highest BCUT2D eigenvalue weighted by molar-refractivity contribution is 6.31. The molecule has 2 aromatic carbocycles. The quantitative estimate of drug-likeness (QED) is 0.785. The molecule has 2 aromatic rings. The molecule has 0 unspecified atom stereocenters. The summed E-state index contributed by atoms with van der Waals surface area (Å²) in [4.78, 5) is 0. The number of benzene rings is 2. The van der Waals surface area contributed by atoms with Crippen molar-refractivity contribution >= 4 is 11.6 Å². The third-order valence-electron chi connectivity index (χ3n) is 2.11. The van der Waals surface area contributed by atoms with E-state index in [4.69, 9.17) is 16.3 Å². The third kappa shape index (κ3) is 2.52. The van der Waals surface area contributed by atoms with Crippen LogP contribution in [0.5, 0.6) is 5.75 Å². The molecular weight excluding hydrogens is 227 g/mol. The predicted molar refractivity (Wildman–Crippen MR) is 61.0 cm³/mol. The second-order valence-corrected chi connectivity index (χ2v) is 3.64. The van der Waals surface area contributed by atoms with Gasteiger partial charge in [-0.2, -0.15) is 0 Å². The van der Waals surface area contributed by atoms with E-state index in [1.54, 1.807) is 18.2 Å². The molecule has 0 spiro atoms. The van der Waals surface area contributed by atoms with Crippen LogP contribution >= 0.6 is 11.6 Å². The van der Waals surface area contributed by atoms with E-state index in [1.165, 1.54) is 6.07 Å². The summed E-state index contributed by atoms with van der Waals surface area (Å²) in [6, 6.07) is 14.5. The monoisotopic (exact) mass is 235 g/mol. The van der Waals surface area contributed by atoms with E-state index >= 15 is 0 Å². The minimum absolute atomic E-state index is 0.183. The Bertz CT molecular complexity index is 439. The van der Waals surface area contributed by atoms with Crippen molar-refractivity contribution < 1.29 is 9.13 Å². The van der Waals surface area contributed by atoms with Crippen LogP contribution in [0, 0.1) is 11.9 Å². The standard InChI is InChI=1S/C13H9ClFO/c14-11-6-2-1-5-10(11)9-16-13-8-4-3-7-12(13)15/h1-6,8H,9H2. The van der Waals surface area contributed by atoms with Crippen LogP contribution in [-0.2, 0) is 6.61 Å². The van der Waals surface area contributed by atoms with E-state index in [-0.39, 0.29) is 12.4 Å². The second kappa shape index (κ2) is 4.99. The molecule has 0 aliphatic rings. The lowest BCUT2D eigenvalue weighted by atomic mass is 10.2. The molecule has 0 N–H and O–H groups in total. The molecule has 16 heavy (non-hydrogen) atoms. The first-order chi connectivity index (χ1) is 7.77. The minimum Gasteiger partial charge on any atom is -0.486 e. The summed E-state index contributed by atoms with van der Waals surface area (Å²) in [5.74, 6) is -0.308. The molecular formula is C13H9ClFO. The van der Waals surface area contributed by atoms with E-state index in [2.05, 4.69) is 6.07 Å². The number of hydrogen-bond donors (Lipinski definition) is 0. The lowest BCUT2D eigenvalue weighted by Gasteiger charge is -2.07. The van der Waals surface area contributed by atoms with Gasteiger partial charge in [0.15, 0.2) is 11.6 Å². The number of hydrogen-bond acceptors (Lipinski definition) is 1. The molecule has 1 nitrogen and oxygen atoms in total. The van der Waals surface area contributed by atoms with Gasteiger partial charge >= 0.3 is 0 Å². The Morgan fingerprint density at radius 2 is 2.00 bits per heavy atom. The highest BCUT2D eigenvalue weighted by Crippen LogP contribution is 2.20. The summed E-state index contributed by atoms with van der Waals surface area (Å²) in [6.45, 7) is 0.244. The first kappa shape index (κ1) is 11.0. The molecule has 2 rings (SSSR count). The van der Waals surface area contributed by atoms with Gasteiger partial charge < -0.3 is 4.74 Å². The van der Waals surface area contributed by atoms with Crippen molar-refractivity contribution in [3.8, 4) is 5.75 Å². The molecule has 0 aliphatic carbocycles. The summed E-state index contributed by atoms with van der Waals surface area (Å²) in [7, 11) is 0. The average Bonchev–Trinajstić information content (AvgIpc) is 2.30. The Labute approximate surface area is 98.4 Å². The Balaban J connectivity index is 2.09. The van der Waals surface area contributed by atoms with Crippen LogP contribution in [-0.4, -0.2) is 0 Å². The maximum absolute atomic E-state index is 13.2. The van der Waals surface area contributed by atoms with E-state index in [0.29, 0.717) is 5.02 Å². The van der Waals surface area contributed by atoms with Crippen molar-refractivity contribution in [1.29, 1.82) is 0 Å². The van der Waals surface area contributed by atoms with Crippen molar-refractivity contribution in [2.75, 3.05) is 0 Å². The van der Waals surface area contributed by atoms with E-state index < -0.39 is 5.82 Å². The third-order valence-corrected chi connectivity index (χ3v) is 2.48. The molecule has 0 atom stereocenters.